The smallest absolute Gasteiger partial charge is 0.0712 e. The first-order chi connectivity index (χ1) is 3.79. The third-order valence-electron chi connectivity index (χ3n) is 0.825. The van der Waals surface area contributed by atoms with Crippen LogP contribution in [0.2, 0.25) is 5.02 Å². The van der Waals surface area contributed by atoms with E-state index < -0.39 is 0 Å². The van der Waals surface area contributed by atoms with Gasteiger partial charge in [-0.3, -0.25) is 0 Å². The third kappa shape index (κ3) is 1.35. The molecule has 1 aromatic rings. The molecule has 0 nitrogen and oxygen atoms in total. The van der Waals surface area contributed by atoms with Gasteiger partial charge in [0.05, 0.1) is 10.2 Å². The van der Waals surface area contributed by atoms with Gasteiger partial charge in [0.2, 0.25) is 0 Å². The standard InChI is InChI=1S/C6H4ClSi/c7-5-2-1-3-6(8)4-5/h1-4H. The van der Waals surface area contributed by atoms with Gasteiger partial charge in [-0.05, 0) is 12.1 Å². The quantitative estimate of drug-likeness (QED) is 0.473. The maximum atomic E-state index is 5.61. The molecule has 0 fully saturated rings. The molecular formula is C6H4ClSi. The van der Waals surface area contributed by atoms with Crippen LogP contribution >= 0.6 is 11.6 Å². The van der Waals surface area contributed by atoms with Crippen LogP contribution in [0.25, 0.3) is 0 Å². The lowest BCUT2D eigenvalue weighted by molar-refractivity contribution is 1.77. The van der Waals surface area contributed by atoms with E-state index in [1.165, 1.54) is 0 Å². The van der Waals surface area contributed by atoms with Crippen molar-refractivity contribution in [3.63, 3.8) is 0 Å². The van der Waals surface area contributed by atoms with E-state index in [2.05, 4.69) is 10.2 Å². The molecule has 0 bridgehead atoms. The van der Waals surface area contributed by atoms with Crippen LogP contribution in [0, 0.1) is 0 Å². The fourth-order valence-electron chi connectivity index (χ4n) is 0.488. The second kappa shape index (κ2) is 2.33. The van der Waals surface area contributed by atoms with Crippen molar-refractivity contribution < 1.29 is 0 Å². The number of hydrogen-bond donors (Lipinski definition) is 0. The zero-order chi connectivity index (χ0) is 5.98. The largest absolute Gasteiger partial charge is 0.0844 e. The molecule has 0 saturated heterocycles. The van der Waals surface area contributed by atoms with Crippen LogP contribution in [0.5, 0.6) is 0 Å². The number of rotatable bonds is 0. The van der Waals surface area contributed by atoms with Gasteiger partial charge in [0.15, 0.2) is 0 Å². The lowest BCUT2D eigenvalue weighted by Gasteiger charge is -1.88. The van der Waals surface area contributed by atoms with Crippen molar-refractivity contribution >= 4 is 27.0 Å². The number of halogens is 1. The first-order valence-electron chi connectivity index (χ1n) is 2.26. The van der Waals surface area contributed by atoms with E-state index in [0.29, 0.717) is 0 Å². The maximum absolute atomic E-state index is 5.61. The average Bonchev–Trinajstić information content (AvgIpc) is 1.64. The molecule has 1 rings (SSSR count). The summed E-state index contributed by atoms with van der Waals surface area (Å²) in [6.45, 7) is 0. The molecule has 0 N–H and O–H groups in total. The molecule has 8 heavy (non-hydrogen) atoms. The van der Waals surface area contributed by atoms with Crippen molar-refractivity contribution in [2.24, 2.45) is 0 Å². The Balaban J connectivity index is 3.08. The van der Waals surface area contributed by atoms with Gasteiger partial charge in [-0.25, -0.2) is 0 Å². The molecule has 0 saturated carbocycles. The van der Waals surface area contributed by atoms with E-state index in [9.17, 15) is 0 Å². The average molecular weight is 140 g/mol. The lowest BCUT2D eigenvalue weighted by Crippen LogP contribution is -1.98. The molecule has 2 heteroatoms. The summed E-state index contributed by atoms with van der Waals surface area (Å²) in [6.07, 6.45) is 0. The Morgan fingerprint density at radius 2 is 2.12 bits per heavy atom. The van der Waals surface area contributed by atoms with Crippen LogP contribution in [0.3, 0.4) is 0 Å². The van der Waals surface area contributed by atoms with E-state index in [1.54, 1.807) is 0 Å². The minimum Gasteiger partial charge on any atom is -0.0844 e. The van der Waals surface area contributed by atoms with Crippen LogP contribution in [0.4, 0.5) is 0 Å². The molecule has 0 aliphatic rings. The third-order valence-corrected chi connectivity index (χ3v) is 1.37. The van der Waals surface area contributed by atoms with Crippen molar-refractivity contribution in [2.45, 2.75) is 0 Å². The van der Waals surface area contributed by atoms with Crippen LogP contribution < -0.4 is 5.19 Å². The van der Waals surface area contributed by atoms with Gasteiger partial charge in [0, 0.05) is 5.02 Å². The van der Waals surface area contributed by atoms with Gasteiger partial charge < -0.3 is 0 Å². The summed E-state index contributed by atoms with van der Waals surface area (Å²) in [5.41, 5.74) is 0. The molecule has 0 atom stereocenters. The zero-order valence-electron chi connectivity index (χ0n) is 4.19. The highest BCUT2D eigenvalue weighted by Gasteiger charge is 1.83. The SMILES string of the molecule is [Si]c1cccc(Cl)c1. The molecular weight excluding hydrogens is 136 g/mol. The highest BCUT2D eigenvalue weighted by Crippen LogP contribution is 2.01. The summed E-state index contributed by atoms with van der Waals surface area (Å²) in [6, 6.07) is 7.51. The molecule has 39 valence electrons. The Morgan fingerprint density at radius 1 is 1.38 bits per heavy atom. The topological polar surface area (TPSA) is 0 Å². The van der Waals surface area contributed by atoms with Gasteiger partial charge in [0.25, 0.3) is 0 Å². The fourth-order valence-corrected chi connectivity index (χ4v) is 1.02. The van der Waals surface area contributed by atoms with E-state index in [1.807, 2.05) is 24.3 Å². The maximum Gasteiger partial charge on any atom is 0.0712 e. The minimum atomic E-state index is 0.762. The molecule has 0 unspecified atom stereocenters. The van der Waals surface area contributed by atoms with Crippen molar-refractivity contribution in [1.82, 2.24) is 0 Å². The minimum absolute atomic E-state index is 0.762. The van der Waals surface area contributed by atoms with E-state index in [0.717, 1.165) is 10.2 Å². The molecule has 0 aliphatic heterocycles. The van der Waals surface area contributed by atoms with E-state index in [4.69, 9.17) is 11.6 Å². The number of benzene rings is 1. The number of hydrogen-bond acceptors (Lipinski definition) is 0. The fraction of sp³-hybridized carbons (Fsp3) is 0. The van der Waals surface area contributed by atoms with Crippen LogP contribution in [0.15, 0.2) is 24.3 Å². The van der Waals surface area contributed by atoms with Crippen LogP contribution in [-0.4, -0.2) is 10.2 Å². The predicted molar refractivity (Wildman–Crippen MR) is 36.8 cm³/mol. The second-order valence-corrected chi connectivity index (χ2v) is 2.52. The Bertz CT molecular complexity index is 168. The predicted octanol–water partition coefficient (Wildman–Crippen LogP) is 1.13. The Morgan fingerprint density at radius 3 is 2.50 bits per heavy atom. The first kappa shape index (κ1) is 5.86. The molecule has 1 aromatic carbocycles. The molecule has 0 spiro atoms. The van der Waals surface area contributed by atoms with Crippen molar-refractivity contribution in [2.75, 3.05) is 0 Å². The summed E-state index contributed by atoms with van der Waals surface area (Å²) in [7, 11) is 3.32. The van der Waals surface area contributed by atoms with Crippen molar-refractivity contribution in [1.29, 1.82) is 0 Å². The zero-order valence-corrected chi connectivity index (χ0v) is 5.94. The summed E-state index contributed by atoms with van der Waals surface area (Å²) in [5.74, 6) is 0. The van der Waals surface area contributed by atoms with Crippen LogP contribution in [-0.2, 0) is 0 Å². The van der Waals surface area contributed by atoms with Crippen molar-refractivity contribution in [3.8, 4) is 0 Å². The molecule has 0 amide bonds. The first-order valence-corrected chi connectivity index (χ1v) is 3.14. The van der Waals surface area contributed by atoms with E-state index in [-0.39, 0.29) is 0 Å². The normalized spacial score (nSPS) is 9.25. The summed E-state index contributed by atoms with van der Waals surface area (Å²) in [4.78, 5) is 0. The summed E-state index contributed by atoms with van der Waals surface area (Å²) < 4.78 is 0. The molecule has 0 aliphatic carbocycles. The monoisotopic (exact) mass is 139 g/mol. The highest BCUT2D eigenvalue weighted by molar-refractivity contribution is 6.36. The summed E-state index contributed by atoms with van der Waals surface area (Å²) in [5, 5.41) is 1.77. The molecule has 3 radical (unpaired) electrons. The van der Waals surface area contributed by atoms with Gasteiger partial charge in [0.1, 0.15) is 0 Å². The van der Waals surface area contributed by atoms with Gasteiger partial charge in [-0.15, -0.1) is 0 Å². The van der Waals surface area contributed by atoms with Crippen LogP contribution in [0.1, 0.15) is 0 Å². The summed E-state index contributed by atoms with van der Waals surface area (Å²) >= 11 is 5.61. The van der Waals surface area contributed by atoms with Gasteiger partial charge in [-0.1, -0.05) is 28.9 Å². The Kier molecular flexibility index (Phi) is 1.71. The highest BCUT2D eigenvalue weighted by atomic mass is 35.5. The Hall–Kier alpha value is -0.273. The Labute approximate surface area is 56.9 Å². The lowest BCUT2D eigenvalue weighted by atomic mass is 10.4. The van der Waals surface area contributed by atoms with Gasteiger partial charge in [-0.2, -0.15) is 0 Å². The molecule has 0 heterocycles. The van der Waals surface area contributed by atoms with Crippen molar-refractivity contribution in [3.05, 3.63) is 29.3 Å². The molecule has 0 aromatic heterocycles. The second-order valence-electron chi connectivity index (χ2n) is 1.51. The van der Waals surface area contributed by atoms with E-state index >= 15 is 0 Å². The van der Waals surface area contributed by atoms with Gasteiger partial charge >= 0.3 is 0 Å².